The maximum atomic E-state index is 6.10. The average molecular weight is 247 g/mol. The summed E-state index contributed by atoms with van der Waals surface area (Å²) in [7, 11) is 0. The molecule has 64 valence electrons. The number of aryl methyl sites for hydroxylation is 1. The smallest absolute Gasteiger partial charge is 0.0782 e. The van der Waals surface area contributed by atoms with E-state index >= 15 is 0 Å². The molecule has 1 aromatic rings. The number of nitrogens with one attached hydrogen (secondary N) is 1. The summed E-state index contributed by atoms with van der Waals surface area (Å²) in [5, 5.41) is 4.12. The highest BCUT2D eigenvalue weighted by Crippen LogP contribution is 2.35. The molecule has 2 rings (SSSR count). The zero-order chi connectivity index (χ0) is 8.55. The van der Waals surface area contributed by atoms with E-state index in [1.807, 2.05) is 6.07 Å². The van der Waals surface area contributed by atoms with Gasteiger partial charge in [-0.1, -0.05) is 17.7 Å². The Morgan fingerprint density at radius 1 is 1.42 bits per heavy atom. The maximum absolute atomic E-state index is 6.10. The van der Waals surface area contributed by atoms with Gasteiger partial charge in [0.1, 0.15) is 0 Å². The highest BCUT2D eigenvalue weighted by atomic mass is 79.9. The van der Waals surface area contributed by atoms with Crippen LogP contribution in [0.2, 0.25) is 5.02 Å². The van der Waals surface area contributed by atoms with Crippen molar-refractivity contribution in [2.24, 2.45) is 0 Å². The molecule has 0 saturated heterocycles. The molecule has 0 radical (unpaired) electrons. The lowest BCUT2D eigenvalue weighted by Gasteiger charge is -2.19. The molecule has 0 amide bonds. The molecule has 1 N–H and O–H groups in total. The number of anilines is 1. The molecule has 0 atom stereocenters. The SMILES string of the molecule is Clc1c(Br)ccc2c1NCCC2. The minimum atomic E-state index is 0.812. The molecule has 0 unspecified atom stereocenters. The number of hydrogen-bond acceptors (Lipinski definition) is 1. The van der Waals surface area contributed by atoms with Gasteiger partial charge >= 0.3 is 0 Å². The van der Waals surface area contributed by atoms with Crippen LogP contribution in [0.1, 0.15) is 12.0 Å². The molecule has 0 bridgehead atoms. The zero-order valence-corrected chi connectivity index (χ0v) is 8.87. The zero-order valence-electron chi connectivity index (χ0n) is 6.53. The van der Waals surface area contributed by atoms with E-state index in [4.69, 9.17) is 11.6 Å². The fourth-order valence-corrected chi connectivity index (χ4v) is 2.06. The normalized spacial score (nSPS) is 15.2. The Balaban J connectivity index is 2.54. The minimum absolute atomic E-state index is 0.812. The molecule has 1 aromatic carbocycles. The van der Waals surface area contributed by atoms with Crippen LogP contribution in [0.15, 0.2) is 16.6 Å². The number of hydrogen-bond donors (Lipinski definition) is 1. The standard InChI is InChI=1S/C9H9BrClN/c10-7-4-3-6-2-1-5-12-9(6)8(7)11/h3-4,12H,1-2,5H2. The lowest BCUT2D eigenvalue weighted by Crippen LogP contribution is -2.11. The van der Waals surface area contributed by atoms with Gasteiger partial charge in [0.15, 0.2) is 0 Å². The van der Waals surface area contributed by atoms with Crippen LogP contribution in [-0.4, -0.2) is 6.54 Å². The summed E-state index contributed by atoms with van der Waals surface area (Å²) in [6, 6.07) is 4.13. The third-order valence-electron chi connectivity index (χ3n) is 2.11. The first-order valence-corrected chi connectivity index (χ1v) is 5.17. The summed E-state index contributed by atoms with van der Waals surface area (Å²) in [5.41, 5.74) is 2.44. The quantitative estimate of drug-likeness (QED) is 0.739. The summed E-state index contributed by atoms with van der Waals surface area (Å²) in [6.45, 7) is 1.03. The lowest BCUT2D eigenvalue weighted by molar-refractivity contribution is 0.830. The third kappa shape index (κ3) is 1.34. The molecule has 1 aliphatic heterocycles. The number of benzene rings is 1. The Morgan fingerprint density at radius 3 is 3.08 bits per heavy atom. The monoisotopic (exact) mass is 245 g/mol. The van der Waals surface area contributed by atoms with Crippen LogP contribution in [0.3, 0.4) is 0 Å². The predicted molar refractivity (Wildman–Crippen MR) is 56.0 cm³/mol. The second-order valence-electron chi connectivity index (χ2n) is 2.93. The largest absolute Gasteiger partial charge is 0.384 e. The van der Waals surface area contributed by atoms with Crippen molar-refractivity contribution in [2.45, 2.75) is 12.8 Å². The highest BCUT2D eigenvalue weighted by molar-refractivity contribution is 9.10. The molecule has 0 spiro atoms. The number of halogens is 2. The first-order valence-electron chi connectivity index (χ1n) is 4.00. The first kappa shape index (κ1) is 8.39. The van der Waals surface area contributed by atoms with E-state index in [1.54, 1.807) is 0 Å². The third-order valence-corrected chi connectivity index (χ3v) is 3.39. The summed E-state index contributed by atoms with van der Waals surface area (Å²) < 4.78 is 0.970. The van der Waals surface area contributed by atoms with Crippen molar-refractivity contribution in [1.82, 2.24) is 0 Å². The van der Waals surface area contributed by atoms with Gasteiger partial charge in [0.05, 0.1) is 10.7 Å². The molecule has 0 aromatic heterocycles. The van der Waals surface area contributed by atoms with Gasteiger partial charge in [0.25, 0.3) is 0 Å². The summed E-state index contributed by atoms with van der Waals surface area (Å²) >= 11 is 9.50. The molecular weight excluding hydrogens is 237 g/mol. The Kier molecular flexibility index (Phi) is 2.28. The van der Waals surface area contributed by atoms with Crippen LogP contribution in [0.4, 0.5) is 5.69 Å². The number of fused-ring (bicyclic) bond motifs is 1. The van der Waals surface area contributed by atoms with E-state index in [0.717, 1.165) is 28.1 Å². The number of rotatable bonds is 0. The van der Waals surface area contributed by atoms with Gasteiger partial charge in [0.2, 0.25) is 0 Å². The van der Waals surface area contributed by atoms with Crippen LogP contribution < -0.4 is 5.32 Å². The van der Waals surface area contributed by atoms with Crippen molar-refractivity contribution < 1.29 is 0 Å². The van der Waals surface area contributed by atoms with Crippen molar-refractivity contribution in [1.29, 1.82) is 0 Å². The minimum Gasteiger partial charge on any atom is -0.384 e. The van der Waals surface area contributed by atoms with Gasteiger partial charge in [-0.25, -0.2) is 0 Å². The van der Waals surface area contributed by atoms with Crippen LogP contribution in [-0.2, 0) is 6.42 Å². The van der Waals surface area contributed by atoms with Crippen molar-refractivity contribution in [3.05, 3.63) is 27.2 Å². The molecule has 0 fully saturated rings. The first-order chi connectivity index (χ1) is 5.79. The average Bonchev–Trinajstić information content (AvgIpc) is 2.12. The Bertz CT molecular complexity index is 312. The van der Waals surface area contributed by atoms with Crippen LogP contribution >= 0.6 is 27.5 Å². The van der Waals surface area contributed by atoms with E-state index in [2.05, 4.69) is 27.3 Å². The van der Waals surface area contributed by atoms with E-state index in [-0.39, 0.29) is 0 Å². The van der Waals surface area contributed by atoms with Gasteiger partial charge < -0.3 is 5.32 Å². The van der Waals surface area contributed by atoms with Gasteiger partial charge in [-0.2, -0.15) is 0 Å². The topological polar surface area (TPSA) is 12.0 Å². The molecule has 0 saturated carbocycles. The Morgan fingerprint density at radius 2 is 2.25 bits per heavy atom. The Hall–Kier alpha value is -0.210. The fourth-order valence-electron chi connectivity index (χ4n) is 1.48. The lowest BCUT2D eigenvalue weighted by atomic mass is 10.0. The molecule has 1 nitrogen and oxygen atoms in total. The van der Waals surface area contributed by atoms with E-state index < -0.39 is 0 Å². The van der Waals surface area contributed by atoms with Crippen molar-refractivity contribution in [2.75, 3.05) is 11.9 Å². The van der Waals surface area contributed by atoms with E-state index in [1.165, 1.54) is 12.0 Å². The van der Waals surface area contributed by atoms with Crippen molar-refractivity contribution >= 4 is 33.2 Å². The summed E-state index contributed by atoms with van der Waals surface area (Å²) in [6.07, 6.45) is 2.33. The van der Waals surface area contributed by atoms with Crippen LogP contribution in [0.5, 0.6) is 0 Å². The highest BCUT2D eigenvalue weighted by Gasteiger charge is 2.13. The molecule has 1 heterocycles. The van der Waals surface area contributed by atoms with Crippen LogP contribution in [0, 0.1) is 0 Å². The van der Waals surface area contributed by atoms with Crippen molar-refractivity contribution in [3.8, 4) is 0 Å². The molecular formula is C9H9BrClN. The maximum Gasteiger partial charge on any atom is 0.0782 e. The van der Waals surface area contributed by atoms with E-state index in [0.29, 0.717) is 0 Å². The fraction of sp³-hybridized carbons (Fsp3) is 0.333. The van der Waals surface area contributed by atoms with Gasteiger partial charge in [0, 0.05) is 11.0 Å². The summed E-state index contributed by atoms with van der Waals surface area (Å²) in [4.78, 5) is 0. The Labute approximate surface area is 85.2 Å². The summed E-state index contributed by atoms with van der Waals surface area (Å²) in [5.74, 6) is 0. The van der Waals surface area contributed by atoms with Gasteiger partial charge in [-0.15, -0.1) is 0 Å². The van der Waals surface area contributed by atoms with Crippen molar-refractivity contribution in [3.63, 3.8) is 0 Å². The second kappa shape index (κ2) is 3.27. The van der Waals surface area contributed by atoms with Gasteiger partial charge in [-0.3, -0.25) is 0 Å². The molecule has 12 heavy (non-hydrogen) atoms. The molecule has 3 heteroatoms. The predicted octanol–water partition coefficient (Wildman–Crippen LogP) is 3.46. The van der Waals surface area contributed by atoms with Crippen LogP contribution in [0.25, 0.3) is 0 Å². The van der Waals surface area contributed by atoms with E-state index in [9.17, 15) is 0 Å². The molecule has 0 aliphatic carbocycles. The molecule has 1 aliphatic rings. The van der Waals surface area contributed by atoms with Gasteiger partial charge in [-0.05, 0) is 40.4 Å². The second-order valence-corrected chi connectivity index (χ2v) is 4.16.